The molecule has 3 N–H and O–H groups in total. The zero-order valence-corrected chi connectivity index (χ0v) is 59.2. The minimum absolute atomic E-state index is 0.0213. The van der Waals surface area contributed by atoms with E-state index in [1.165, 1.54) is 12.8 Å². The molecule has 0 aromatic rings. The van der Waals surface area contributed by atoms with E-state index in [4.69, 9.17) is 74.8 Å². The highest BCUT2D eigenvalue weighted by molar-refractivity contribution is 7.47. The Bertz CT molecular complexity index is 2080. The molecule has 0 bridgehead atoms. The van der Waals surface area contributed by atoms with Gasteiger partial charge in [-0.05, 0) is 80.1 Å². The molecule has 0 spiro atoms. The highest BCUT2D eigenvalue weighted by atomic mass is 31.2. The molecule has 3 heterocycles. The molecule has 3 saturated heterocycles. The minimum Gasteiger partial charge on any atom is -0.756 e. The van der Waals surface area contributed by atoms with E-state index in [9.17, 15) is 56.8 Å². The lowest BCUT2D eigenvalue weighted by molar-refractivity contribution is -0.237. The van der Waals surface area contributed by atoms with Crippen molar-refractivity contribution in [1.29, 1.82) is 0 Å². The smallest absolute Gasteiger partial charge is 0.268 e. The zero-order valence-electron chi connectivity index (χ0n) is 53.8. The summed E-state index contributed by atoms with van der Waals surface area (Å²) in [7, 11) is -27.1. The fraction of sp³-hybridized carbons (Fsp3) is 1.00. The second-order valence-electron chi connectivity index (χ2n) is 22.7. The Morgan fingerprint density at radius 2 is 0.522 bits per heavy atom. The maximum atomic E-state index is 12.1. The number of rotatable bonds is 54. The van der Waals surface area contributed by atoms with Gasteiger partial charge in [0.1, 0.15) is 18.3 Å². The van der Waals surface area contributed by atoms with Crippen LogP contribution in [0, 0.1) is 0 Å². The molecule has 0 aromatic heterocycles. The van der Waals surface area contributed by atoms with Crippen molar-refractivity contribution in [2.75, 3.05) is 79.3 Å². The van der Waals surface area contributed by atoms with Crippen LogP contribution in [0.2, 0.25) is 0 Å². The lowest BCUT2D eigenvalue weighted by atomic mass is 10.1. The standard InChI is InChI=1S/C20H42O10P2.C18H38O10P2.C16H34O10P2/c1-18(2)29-32(24,25)28-17-20-19(13-16-26-20)30-31(22,23)27-15-12-10-8-6-4-3-5-7-9-11-14-21;1-16(2)27-30(22,23)26-15-18-17(11-14-24-18)28-29(20,21)25-13-10-8-6-4-3-5-7-9-12-19;1-14(2)25-28(20,21)24-13-16-15(9-12-22-16)26-27(18,19)23-11-8-6-4-3-5-7-10-17/h18-21H,3-17H2,1-2H3,(H,22,23)(H,24,25);16-19H,3-15H2,1-2H3,(H,20,21)(H,22,23);14-17H,3-13H2,1-2H3,(H,18,19)(H,20,21)/p-6/t19-,20+;17-,18+;15-,16+/m000/s1. The van der Waals surface area contributed by atoms with Crippen molar-refractivity contribution < 1.29 is 141 Å². The maximum Gasteiger partial charge on any atom is 0.268 e. The van der Waals surface area contributed by atoms with Crippen molar-refractivity contribution in [3.05, 3.63) is 0 Å². The largest absolute Gasteiger partial charge is 0.756 e. The Kier molecular flexibility index (Phi) is 49.8. The molecule has 0 aliphatic carbocycles. The van der Waals surface area contributed by atoms with Crippen LogP contribution in [0.25, 0.3) is 0 Å². The average Bonchev–Trinajstić information content (AvgIpc) is 1.99. The molecule has 3 aliphatic rings. The van der Waals surface area contributed by atoms with Crippen molar-refractivity contribution in [2.45, 2.75) is 270 Å². The second kappa shape index (κ2) is 50.7. The molecule has 6 unspecified atom stereocenters. The quantitative estimate of drug-likeness (QED) is 0.0383. The first kappa shape index (κ1) is 88.4. The van der Waals surface area contributed by atoms with Crippen LogP contribution in [0.1, 0.15) is 215 Å². The van der Waals surface area contributed by atoms with E-state index >= 15 is 0 Å². The molecule has 0 radical (unpaired) electrons. The van der Waals surface area contributed by atoms with Crippen LogP contribution in [0.4, 0.5) is 0 Å². The van der Waals surface area contributed by atoms with Crippen molar-refractivity contribution in [2.24, 2.45) is 0 Å². The molecule has 30 nitrogen and oxygen atoms in total. The summed E-state index contributed by atoms with van der Waals surface area (Å²) >= 11 is 0. The number of hydrogen-bond acceptors (Lipinski definition) is 30. The molecule has 3 aliphatic heterocycles. The molecular weight excluding hydrogens is 1310 g/mol. The predicted octanol–water partition coefficient (Wildman–Crippen LogP) is 8.01. The van der Waals surface area contributed by atoms with Crippen LogP contribution >= 0.6 is 46.9 Å². The number of aliphatic hydroxyl groups excluding tert-OH is 3. The third-order valence-corrected chi connectivity index (χ3v) is 19.9. The number of ether oxygens (including phenoxy) is 3. The van der Waals surface area contributed by atoms with Gasteiger partial charge < -0.3 is 113 Å². The van der Waals surface area contributed by atoms with Crippen LogP contribution in [0.5, 0.6) is 0 Å². The molecule has 12 atom stereocenters. The molecule has 0 saturated carbocycles. The first-order valence-corrected chi connectivity index (χ1v) is 40.7. The minimum atomic E-state index is -4.53. The van der Waals surface area contributed by atoms with E-state index in [1.54, 1.807) is 41.5 Å². The first-order chi connectivity index (χ1) is 42.5. The fourth-order valence-corrected chi connectivity index (χ4v) is 14.7. The lowest BCUT2D eigenvalue weighted by Crippen LogP contribution is -2.31. The SMILES string of the molecule is CC(C)OP(=O)([O-])OC[C@H]1OCC[C@@H]1OP(=O)([O-])OCCCCCCCCCCCCO.CC(C)OP(=O)([O-])OC[C@H]1OCC[C@@H]1OP(=O)([O-])OCCCCCCCCCCO.CC(C)OP(=O)([O-])OC[C@H]1OCC[C@@H]1OP(=O)([O-])OCCCCCCCCO. The summed E-state index contributed by atoms with van der Waals surface area (Å²) in [5, 5.41) is 26.1. The molecule has 90 heavy (non-hydrogen) atoms. The van der Waals surface area contributed by atoms with E-state index in [1.807, 2.05) is 0 Å². The topological polar surface area (TPSA) is 440 Å². The van der Waals surface area contributed by atoms with Gasteiger partial charge in [0, 0.05) is 58.9 Å². The Morgan fingerprint density at radius 3 is 0.722 bits per heavy atom. The first-order valence-electron chi connectivity index (χ1n) is 32.0. The van der Waals surface area contributed by atoms with Crippen molar-refractivity contribution in [3.63, 3.8) is 0 Å². The van der Waals surface area contributed by atoms with Gasteiger partial charge >= 0.3 is 0 Å². The van der Waals surface area contributed by atoms with Gasteiger partial charge in [0.15, 0.2) is 0 Å². The Morgan fingerprint density at radius 1 is 0.322 bits per heavy atom. The maximum absolute atomic E-state index is 12.1. The van der Waals surface area contributed by atoms with Gasteiger partial charge in [-0.15, -0.1) is 0 Å². The number of phosphoric ester groups is 6. The van der Waals surface area contributed by atoms with Gasteiger partial charge in [0.2, 0.25) is 0 Å². The van der Waals surface area contributed by atoms with Crippen LogP contribution in [0.3, 0.4) is 0 Å². The highest BCUT2D eigenvalue weighted by Crippen LogP contribution is 2.48. The third-order valence-electron chi connectivity index (χ3n) is 13.4. The number of hydrogen-bond donors (Lipinski definition) is 3. The number of unbranched alkanes of at least 4 members (excludes halogenated alkanes) is 21. The van der Waals surface area contributed by atoms with Gasteiger partial charge in [-0.25, -0.2) is 0 Å². The van der Waals surface area contributed by atoms with Crippen LogP contribution in [-0.2, 0) is 95.9 Å². The van der Waals surface area contributed by atoms with E-state index < -0.39 is 115 Å². The van der Waals surface area contributed by atoms with Crippen molar-refractivity contribution >= 4 is 46.9 Å². The molecule has 36 heteroatoms. The second-order valence-corrected chi connectivity index (χ2v) is 30.9. The molecule has 3 fully saturated rings. The summed E-state index contributed by atoms with van der Waals surface area (Å²) in [6, 6.07) is 0. The molecule has 0 amide bonds. The number of phosphoric acid groups is 6. The fourth-order valence-electron chi connectivity index (χ4n) is 9.02. The van der Waals surface area contributed by atoms with Crippen LogP contribution < -0.4 is 29.4 Å². The normalized spacial score (nSPS) is 23.5. The van der Waals surface area contributed by atoms with E-state index in [2.05, 4.69) is 9.05 Å². The molecular formula is C54H108O30P6-6. The summed E-state index contributed by atoms with van der Waals surface area (Å²) in [4.78, 5) is 71.0. The van der Waals surface area contributed by atoms with Gasteiger partial charge in [-0.3, -0.25) is 27.4 Å². The Hall–Kier alpha value is 0.420. The third kappa shape index (κ3) is 49.0. The summed E-state index contributed by atoms with van der Waals surface area (Å²) in [5.41, 5.74) is 0. The monoisotopic (exact) mass is 1420 g/mol. The summed E-state index contributed by atoms with van der Waals surface area (Å²) < 4.78 is 145. The molecule has 3 rings (SSSR count). The average molecular weight is 1420 g/mol. The van der Waals surface area contributed by atoms with Crippen molar-refractivity contribution in [1.82, 2.24) is 0 Å². The lowest BCUT2D eigenvalue weighted by Gasteiger charge is -2.30. The number of aliphatic hydroxyl groups is 3. The predicted molar refractivity (Wildman–Crippen MR) is 320 cm³/mol. The van der Waals surface area contributed by atoms with E-state index in [0.29, 0.717) is 19.3 Å². The summed E-state index contributed by atoms with van der Waals surface area (Å²) in [6.07, 6.45) is 16.9. The Balaban J connectivity index is 0.000000677. The summed E-state index contributed by atoms with van der Waals surface area (Å²) in [5.74, 6) is 0. The van der Waals surface area contributed by atoms with Gasteiger partial charge in [-0.2, -0.15) is 0 Å². The Labute approximate surface area is 534 Å². The van der Waals surface area contributed by atoms with Gasteiger partial charge in [0.05, 0.1) is 76.3 Å². The molecule has 540 valence electrons. The van der Waals surface area contributed by atoms with E-state index in [-0.39, 0.29) is 85.3 Å². The highest BCUT2D eigenvalue weighted by Gasteiger charge is 2.36. The van der Waals surface area contributed by atoms with Crippen LogP contribution in [-0.4, -0.2) is 150 Å². The van der Waals surface area contributed by atoms with E-state index in [0.717, 1.165) is 122 Å². The zero-order chi connectivity index (χ0) is 67.4. The van der Waals surface area contributed by atoms with Crippen LogP contribution in [0.15, 0.2) is 0 Å². The molecule has 0 aromatic carbocycles. The summed E-state index contributed by atoms with van der Waals surface area (Å²) in [6.45, 7) is 9.62. The van der Waals surface area contributed by atoms with Gasteiger partial charge in [-0.1, -0.05) is 116 Å². The van der Waals surface area contributed by atoms with Gasteiger partial charge in [0.25, 0.3) is 46.9 Å². The van der Waals surface area contributed by atoms with Crippen molar-refractivity contribution in [3.8, 4) is 0 Å².